The van der Waals surface area contributed by atoms with Gasteiger partial charge in [0, 0.05) is 39.4 Å². The van der Waals surface area contributed by atoms with E-state index in [1.807, 2.05) is 24.3 Å². The number of para-hydroxylation sites is 1. The van der Waals surface area contributed by atoms with E-state index < -0.39 is 12.0 Å². The van der Waals surface area contributed by atoms with Crippen molar-refractivity contribution in [3.05, 3.63) is 70.0 Å². The van der Waals surface area contributed by atoms with Gasteiger partial charge in [-0.2, -0.15) is 0 Å². The number of carbonyl (C=O) groups excluding carboxylic acids is 2. The van der Waals surface area contributed by atoms with E-state index in [1.54, 1.807) is 25.1 Å². The third kappa shape index (κ3) is 4.01. The van der Waals surface area contributed by atoms with Crippen LogP contribution in [-0.2, 0) is 16.0 Å². The standard InChI is InChI=1S/C22H19Cl2N3O3/c1-2-30-21(28)18-12-27(22(29)25-15-10-13(23)9-14(24)11-15)8-7-17-16-5-3-4-6-19(16)26-20(17)18/h3-6,9-12,26H,2,7-8H2,1H3,(H,25,29). The first kappa shape index (κ1) is 20.3. The summed E-state index contributed by atoms with van der Waals surface area (Å²) in [6, 6.07) is 12.2. The van der Waals surface area contributed by atoms with Crippen LogP contribution >= 0.6 is 23.2 Å². The molecule has 0 bridgehead atoms. The van der Waals surface area contributed by atoms with Crippen LogP contribution in [0.5, 0.6) is 0 Å². The van der Waals surface area contributed by atoms with Crippen LogP contribution in [0.3, 0.4) is 0 Å². The summed E-state index contributed by atoms with van der Waals surface area (Å²) < 4.78 is 5.25. The number of ether oxygens (including phenoxy) is 1. The van der Waals surface area contributed by atoms with Crippen LogP contribution in [0.2, 0.25) is 10.0 Å². The Balaban J connectivity index is 1.70. The Labute approximate surface area is 183 Å². The molecule has 0 atom stereocenters. The van der Waals surface area contributed by atoms with Crippen molar-refractivity contribution in [1.82, 2.24) is 9.88 Å². The second kappa shape index (κ2) is 8.42. The van der Waals surface area contributed by atoms with Gasteiger partial charge in [0.15, 0.2) is 0 Å². The van der Waals surface area contributed by atoms with Gasteiger partial charge >= 0.3 is 12.0 Å². The van der Waals surface area contributed by atoms with Crippen molar-refractivity contribution in [2.75, 3.05) is 18.5 Å². The molecule has 1 aliphatic rings. The van der Waals surface area contributed by atoms with Crippen molar-refractivity contribution in [3.63, 3.8) is 0 Å². The van der Waals surface area contributed by atoms with Gasteiger partial charge in [0.2, 0.25) is 0 Å². The van der Waals surface area contributed by atoms with Crippen LogP contribution in [0.25, 0.3) is 16.5 Å². The molecule has 0 spiro atoms. The Kier molecular flexibility index (Phi) is 5.70. The van der Waals surface area contributed by atoms with Crippen LogP contribution < -0.4 is 5.32 Å². The lowest BCUT2D eigenvalue weighted by Crippen LogP contribution is -2.32. The fourth-order valence-corrected chi connectivity index (χ4v) is 4.08. The monoisotopic (exact) mass is 443 g/mol. The molecule has 0 radical (unpaired) electrons. The van der Waals surface area contributed by atoms with Gasteiger partial charge in [-0.15, -0.1) is 0 Å². The summed E-state index contributed by atoms with van der Waals surface area (Å²) in [4.78, 5) is 30.4. The number of halogens is 2. The zero-order valence-corrected chi connectivity index (χ0v) is 17.7. The Morgan fingerprint density at radius 2 is 1.90 bits per heavy atom. The molecule has 3 aromatic rings. The Morgan fingerprint density at radius 3 is 2.63 bits per heavy atom. The molecular weight excluding hydrogens is 425 g/mol. The topological polar surface area (TPSA) is 74.4 Å². The molecule has 2 N–H and O–H groups in total. The van der Waals surface area contributed by atoms with Crippen LogP contribution in [0.1, 0.15) is 18.2 Å². The number of amides is 2. The highest BCUT2D eigenvalue weighted by atomic mass is 35.5. The fraction of sp³-hybridized carbons (Fsp3) is 0.182. The van der Waals surface area contributed by atoms with Gasteiger partial charge in [-0.3, -0.25) is 4.90 Å². The van der Waals surface area contributed by atoms with E-state index in [-0.39, 0.29) is 6.61 Å². The van der Waals surface area contributed by atoms with E-state index in [1.165, 1.54) is 11.1 Å². The molecule has 0 unspecified atom stereocenters. The van der Waals surface area contributed by atoms with Crippen molar-refractivity contribution in [3.8, 4) is 0 Å². The first-order valence-corrected chi connectivity index (χ1v) is 10.2. The summed E-state index contributed by atoms with van der Waals surface area (Å²) in [7, 11) is 0. The lowest BCUT2D eigenvalue weighted by Gasteiger charge is -2.18. The van der Waals surface area contributed by atoms with Crippen molar-refractivity contribution >= 4 is 57.4 Å². The summed E-state index contributed by atoms with van der Waals surface area (Å²) in [5, 5.41) is 4.63. The summed E-state index contributed by atoms with van der Waals surface area (Å²) >= 11 is 12.0. The first-order chi connectivity index (χ1) is 14.5. The molecular formula is C22H19Cl2N3O3. The largest absolute Gasteiger partial charge is 0.462 e. The Hall–Kier alpha value is -2.96. The van der Waals surface area contributed by atoms with Crippen molar-refractivity contribution in [2.45, 2.75) is 13.3 Å². The van der Waals surface area contributed by atoms with Crippen LogP contribution in [0.4, 0.5) is 10.5 Å². The molecule has 0 saturated carbocycles. The highest BCUT2D eigenvalue weighted by Crippen LogP contribution is 2.31. The molecule has 2 amide bonds. The van der Waals surface area contributed by atoms with E-state index in [4.69, 9.17) is 27.9 Å². The number of nitrogens with one attached hydrogen (secondary N) is 2. The van der Waals surface area contributed by atoms with E-state index in [0.717, 1.165) is 16.5 Å². The molecule has 0 aliphatic carbocycles. The zero-order chi connectivity index (χ0) is 21.3. The second-order valence-electron chi connectivity index (χ2n) is 6.82. The number of anilines is 1. The molecule has 4 rings (SSSR count). The number of esters is 1. The molecule has 1 aromatic heterocycles. The molecule has 1 aliphatic heterocycles. The predicted octanol–water partition coefficient (Wildman–Crippen LogP) is 5.47. The molecule has 154 valence electrons. The van der Waals surface area contributed by atoms with Crippen molar-refractivity contribution < 1.29 is 14.3 Å². The zero-order valence-electron chi connectivity index (χ0n) is 16.2. The maximum Gasteiger partial charge on any atom is 0.341 e. The average molecular weight is 444 g/mol. The number of nitrogens with zero attached hydrogens (tertiary/aromatic N) is 1. The minimum Gasteiger partial charge on any atom is -0.462 e. The van der Waals surface area contributed by atoms with Gasteiger partial charge in [-0.1, -0.05) is 41.4 Å². The SMILES string of the molecule is CCOC(=O)C1=CN(C(=O)Nc2cc(Cl)cc(Cl)c2)CCc2c1[nH]c1ccccc21. The molecule has 2 aromatic carbocycles. The normalized spacial score (nSPS) is 13.4. The third-order valence-electron chi connectivity index (χ3n) is 4.84. The minimum atomic E-state index is -0.490. The minimum absolute atomic E-state index is 0.235. The number of hydrogen-bond acceptors (Lipinski definition) is 3. The van der Waals surface area contributed by atoms with E-state index in [9.17, 15) is 9.59 Å². The number of aromatic nitrogens is 1. The van der Waals surface area contributed by atoms with Crippen LogP contribution in [0.15, 0.2) is 48.7 Å². The lowest BCUT2D eigenvalue weighted by atomic mass is 10.0. The van der Waals surface area contributed by atoms with Gasteiger partial charge in [0.1, 0.15) is 0 Å². The number of carbonyl (C=O) groups is 2. The average Bonchev–Trinajstić information content (AvgIpc) is 2.94. The second-order valence-corrected chi connectivity index (χ2v) is 7.69. The number of fused-ring (bicyclic) bond motifs is 3. The number of benzene rings is 2. The summed E-state index contributed by atoms with van der Waals surface area (Å²) in [6.45, 7) is 2.37. The van der Waals surface area contributed by atoms with Crippen molar-refractivity contribution in [2.24, 2.45) is 0 Å². The summed E-state index contributed by atoms with van der Waals surface area (Å²) in [5.74, 6) is -0.490. The number of aromatic amines is 1. The van der Waals surface area contributed by atoms with Gasteiger partial charge in [-0.05, 0) is 43.2 Å². The third-order valence-corrected chi connectivity index (χ3v) is 5.28. The van der Waals surface area contributed by atoms with E-state index in [2.05, 4.69) is 10.3 Å². The maximum atomic E-state index is 12.9. The Bertz CT molecular complexity index is 1150. The van der Waals surface area contributed by atoms with Crippen LogP contribution in [0, 0.1) is 0 Å². The van der Waals surface area contributed by atoms with Crippen LogP contribution in [-0.4, -0.2) is 35.0 Å². The highest BCUT2D eigenvalue weighted by molar-refractivity contribution is 6.35. The predicted molar refractivity (Wildman–Crippen MR) is 119 cm³/mol. The van der Waals surface area contributed by atoms with E-state index >= 15 is 0 Å². The smallest absolute Gasteiger partial charge is 0.341 e. The maximum absolute atomic E-state index is 12.9. The summed E-state index contributed by atoms with van der Waals surface area (Å²) in [6.07, 6.45) is 2.10. The molecule has 0 fully saturated rings. The van der Waals surface area contributed by atoms with Gasteiger partial charge < -0.3 is 15.0 Å². The summed E-state index contributed by atoms with van der Waals surface area (Å²) in [5.41, 5.74) is 3.36. The molecule has 0 saturated heterocycles. The van der Waals surface area contributed by atoms with Gasteiger partial charge in [0.25, 0.3) is 0 Å². The Morgan fingerprint density at radius 1 is 1.17 bits per heavy atom. The fourth-order valence-electron chi connectivity index (χ4n) is 3.55. The molecule has 8 heteroatoms. The highest BCUT2D eigenvalue weighted by Gasteiger charge is 2.27. The number of urea groups is 1. The molecule has 2 heterocycles. The number of H-pyrrole nitrogens is 1. The number of rotatable bonds is 3. The van der Waals surface area contributed by atoms with E-state index in [0.29, 0.717) is 40.0 Å². The first-order valence-electron chi connectivity index (χ1n) is 9.49. The number of hydrogen-bond donors (Lipinski definition) is 2. The van der Waals surface area contributed by atoms with Crippen molar-refractivity contribution in [1.29, 1.82) is 0 Å². The molecule has 6 nitrogen and oxygen atoms in total. The van der Waals surface area contributed by atoms with Gasteiger partial charge in [-0.25, -0.2) is 9.59 Å². The molecule has 30 heavy (non-hydrogen) atoms. The van der Waals surface area contributed by atoms with Gasteiger partial charge in [0.05, 0.1) is 17.9 Å². The lowest BCUT2D eigenvalue weighted by molar-refractivity contribution is -0.136. The quantitative estimate of drug-likeness (QED) is 0.527.